The minimum absolute atomic E-state index is 0.0259. The predicted octanol–water partition coefficient (Wildman–Crippen LogP) is 7.33. The highest BCUT2D eigenvalue weighted by Gasteiger charge is 2.75. The number of aryl methyl sites for hydroxylation is 2. The lowest BCUT2D eigenvalue weighted by molar-refractivity contribution is -0.148. The van der Waals surface area contributed by atoms with Gasteiger partial charge in [0.05, 0.1) is 5.41 Å². The fraction of sp³-hybridized carbons (Fsp3) is 0.625. The number of anilines is 1. The molecule has 2 aromatic rings. The minimum Gasteiger partial charge on any atom is -0.508 e. The largest absolute Gasteiger partial charge is 0.508 e. The van der Waals surface area contributed by atoms with Crippen molar-refractivity contribution in [3.63, 3.8) is 0 Å². The first-order valence-corrected chi connectivity index (χ1v) is 19.9. The molecular formula is C40H52IN3O4. The van der Waals surface area contributed by atoms with Crippen molar-refractivity contribution >= 4 is 46.0 Å². The van der Waals surface area contributed by atoms with E-state index in [1.54, 1.807) is 11.0 Å². The molecule has 3 fully saturated rings. The molecule has 1 heterocycles. The van der Waals surface area contributed by atoms with Crippen molar-refractivity contribution in [2.24, 2.45) is 28.9 Å². The first-order chi connectivity index (χ1) is 22.9. The van der Waals surface area contributed by atoms with E-state index < -0.39 is 11.0 Å². The molecule has 1 saturated heterocycles. The van der Waals surface area contributed by atoms with Gasteiger partial charge in [0, 0.05) is 22.0 Å². The number of nitrogens with zero attached hydrogens (tertiary/aromatic N) is 1. The van der Waals surface area contributed by atoms with Crippen LogP contribution in [0.4, 0.5) is 5.69 Å². The molecule has 0 aromatic heterocycles. The average molecular weight is 766 g/mol. The van der Waals surface area contributed by atoms with Crippen LogP contribution in [0.5, 0.6) is 5.75 Å². The van der Waals surface area contributed by atoms with Crippen LogP contribution < -0.4 is 11.1 Å². The summed E-state index contributed by atoms with van der Waals surface area (Å²) in [5, 5.41) is 13.6. The number of nitrogens with one attached hydrogen (secondary N) is 1. The third-order valence-corrected chi connectivity index (χ3v) is 14.9. The Hall–Kier alpha value is -2.46. The van der Waals surface area contributed by atoms with Crippen LogP contribution >= 0.6 is 22.6 Å². The molecule has 1 unspecified atom stereocenters. The normalized spacial score (nSPS) is 34.0. The number of carbonyl (C=O) groups is 3. The van der Waals surface area contributed by atoms with Crippen LogP contribution in [0.15, 0.2) is 36.4 Å². The second-order valence-electron chi connectivity index (χ2n) is 16.4. The summed E-state index contributed by atoms with van der Waals surface area (Å²) in [5.41, 5.74) is 9.66. The first kappa shape index (κ1) is 34.0. The van der Waals surface area contributed by atoms with Crippen molar-refractivity contribution in [1.82, 2.24) is 4.90 Å². The Morgan fingerprint density at radius 1 is 0.938 bits per heavy atom. The second-order valence-corrected chi connectivity index (χ2v) is 17.2. The molecule has 1 spiro atoms. The molecule has 0 radical (unpaired) electrons. The average Bonchev–Trinajstić information content (AvgIpc) is 3.64. The highest BCUT2D eigenvalue weighted by molar-refractivity contribution is 14.1. The Labute approximate surface area is 299 Å². The summed E-state index contributed by atoms with van der Waals surface area (Å²) in [6.45, 7) is 7.39. The van der Waals surface area contributed by atoms with E-state index in [0.717, 1.165) is 99.1 Å². The third kappa shape index (κ3) is 5.08. The number of unbranched alkanes of at least 4 members (excludes halogenated alkanes) is 1. The number of benzene rings is 2. The Balaban J connectivity index is 1.15. The van der Waals surface area contributed by atoms with E-state index >= 15 is 0 Å². The van der Waals surface area contributed by atoms with Crippen LogP contribution in [0.3, 0.4) is 0 Å². The fourth-order valence-corrected chi connectivity index (χ4v) is 12.1. The number of imide groups is 1. The van der Waals surface area contributed by atoms with Gasteiger partial charge >= 0.3 is 0 Å². The maximum Gasteiger partial charge on any atom is 0.256 e. The molecule has 2 saturated carbocycles. The molecule has 7 nitrogen and oxygen atoms in total. The van der Waals surface area contributed by atoms with E-state index in [1.807, 2.05) is 18.2 Å². The standard InChI is InChI=1S/C40H52IN3O4/c1-37-17-6-19-39(3,32(37)15-11-25-9-13-28(22-30(25)37)43-34(46)27(24-41)8-4-5-21-42)35(47)44-36(48)40(44)20-7-18-38(2)31-23-29(45)14-10-26(31)12-16-33(38)40/h9-10,13-14,22-23,27,32-33,45H,4-8,11-12,15-21,24,42H2,1-3H3,(H,43,46)/t27-,32-,33?,37-,38-,39+,40-,44?/m1/s1. The second kappa shape index (κ2) is 12.4. The smallest absolute Gasteiger partial charge is 0.256 e. The van der Waals surface area contributed by atoms with Crippen LogP contribution in [0.2, 0.25) is 0 Å². The van der Waals surface area contributed by atoms with Gasteiger partial charge in [-0.15, -0.1) is 0 Å². The molecule has 4 N–H and O–H groups in total. The summed E-state index contributed by atoms with van der Waals surface area (Å²) in [5.74, 6) is 0.507. The van der Waals surface area contributed by atoms with Gasteiger partial charge in [-0.25, -0.2) is 0 Å². The Bertz CT molecular complexity index is 1640. The topological polar surface area (TPSA) is 112 Å². The number of hydrogen-bond acceptors (Lipinski definition) is 5. The summed E-state index contributed by atoms with van der Waals surface area (Å²) in [7, 11) is 0. The number of carbonyl (C=O) groups excluding carboxylic acids is 3. The van der Waals surface area contributed by atoms with E-state index in [4.69, 9.17) is 5.73 Å². The SMILES string of the molecule is C[C@]12CCC[C@]3(C(=O)N3C(=O)[C@@]3(C)CCC[C@]4(C)c5cc(NC(=O)[C@@H](CI)CCCCN)ccc5CC[C@@H]34)C1CCc1ccc(O)cc12. The number of amides is 3. The summed E-state index contributed by atoms with van der Waals surface area (Å²) in [4.78, 5) is 44.2. The number of fused-ring (bicyclic) bond motifs is 7. The summed E-state index contributed by atoms with van der Waals surface area (Å²) < 4.78 is 0.769. The monoisotopic (exact) mass is 765 g/mol. The molecular weight excluding hydrogens is 713 g/mol. The lowest BCUT2D eigenvalue weighted by Crippen LogP contribution is -2.56. The van der Waals surface area contributed by atoms with Crippen LogP contribution in [-0.2, 0) is 38.1 Å². The van der Waals surface area contributed by atoms with Gasteiger partial charge in [0.2, 0.25) is 11.8 Å². The highest BCUT2D eigenvalue weighted by Crippen LogP contribution is 2.65. The van der Waals surface area contributed by atoms with E-state index in [1.165, 1.54) is 16.7 Å². The van der Waals surface area contributed by atoms with E-state index in [0.29, 0.717) is 6.54 Å². The number of alkyl halides is 1. The molecule has 1 aliphatic heterocycles. The van der Waals surface area contributed by atoms with Crippen LogP contribution in [0, 0.1) is 23.2 Å². The van der Waals surface area contributed by atoms with Crippen LogP contribution in [-0.4, -0.2) is 44.2 Å². The Morgan fingerprint density at radius 3 is 2.29 bits per heavy atom. The first-order valence-electron chi connectivity index (χ1n) is 18.4. The van der Waals surface area contributed by atoms with Crippen molar-refractivity contribution < 1.29 is 19.5 Å². The summed E-state index contributed by atoms with van der Waals surface area (Å²) in [6, 6.07) is 12.1. The molecule has 7 rings (SSSR count). The van der Waals surface area contributed by atoms with E-state index in [-0.39, 0.29) is 52.1 Å². The lowest BCUT2D eigenvalue weighted by atomic mass is 9.49. The van der Waals surface area contributed by atoms with E-state index in [9.17, 15) is 19.5 Å². The van der Waals surface area contributed by atoms with Gasteiger partial charge in [0.1, 0.15) is 11.3 Å². The quantitative estimate of drug-likeness (QED) is 0.0857. The van der Waals surface area contributed by atoms with Gasteiger partial charge in [-0.3, -0.25) is 19.3 Å². The van der Waals surface area contributed by atoms with Crippen molar-refractivity contribution in [2.75, 3.05) is 16.3 Å². The molecule has 4 aliphatic carbocycles. The molecule has 258 valence electrons. The van der Waals surface area contributed by atoms with Gasteiger partial charge in [-0.1, -0.05) is 68.3 Å². The molecule has 0 bridgehead atoms. The zero-order valence-electron chi connectivity index (χ0n) is 28.9. The minimum atomic E-state index is -0.729. The molecule has 48 heavy (non-hydrogen) atoms. The van der Waals surface area contributed by atoms with Gasteiger partial charge < -0.3 is 16.2 Å². The number of rotatable bonds is 8. The molecule has 2 aromatic carbocycles. The Kier molecular flexibility index (Phi) is 8.78. The van der Waals surface area contributed by atoms with Gasteiger partial charge in [0.25, 0.3) is 5.91 Å². The molecule has 7 atom stereocenters. The van der Waals surface area contributed by atoms with Crippen molar-refractivity contribution in [2.45, 2.75) is 121 Å². The number of aromatic hydroxyl groups is 1. The number of phenolic OH excluding ortho intramolecular Hbond substituents is 1. The van der Waals surface area contributed by atoms with Crippen LogP contribution in [0.25, 0.3) is 0 Å². The van der Waals surface area contributed by atoms with Gasteiger partial charge in [-0.05, 0) is 140 Å². The molecule has 8 heteroatoms. The maximum absolute atomic E-state index is 15.0. The zero-order chi connectivity index (χ0) is 34.1. The fourth-order valence-electron chi connectivity index (χ4n) is 11.3. The lowest BCUT2D eigenvalue weighted by Gasteiger charge is -2.55. The number of hydrogen-bond donors (Lipinski definition) is 3. The maximum atomic E-state index is 15.0. The zero-order valence-corrected chi connectivity index (χ0v) is 31.0. The number of phenols is 1. The van der Waals surface area contributed by atoms with Gasteiger partial charge in [-0.2, -0.15) is 0 Å². The Morgan fingerprint density at radius 2 is 1.58 bits per heavy atom. The van der Waals surface area contributed by atoms with Crippen molar-refractivity contribution in [3.05, 3.63) is 58.7 Å². The van der Waals surface area contributed by atoms with E-state index in [2.05, 4.69) is 60.8 Å². The molecule has 3 amide bonds. The number of nitrogens with two attached hydrogens (primary N) is 1. The van der Waals surface area contributed by atoms with Crippen molar-refractivity contribution in [1.29, 1.82) is 0 Å². The van der Waals surface area contributed by atoms with Gasteiger partial charge in [0.15, 0.2) is 0 Å². The third-order valence-electron chi connectivity index (χ3n) is 13.8. The van der Waals surface area contributed by atoms with Crippen molar-refractivity contribution in [3.8, 4) is 5.75 Å². The molecule has 5 aliphatic rings. The predicted molar refractivity (Wildman–Crippen MR) is 197 cm³/mol. The highest BCUT2D eigenvalue weighted by atomic mass is 127. The summed E-state index contributed by atoms with van der Waals surface area (Å²) in [6.07, 6.45) is 11.6. The summed E-state index contributed by atoms with van der Waals surface area (Å²) >= 11 is 2.31. The van der Waals surface area contributed by atoms with Crippen LogP contribution in [0.1, 0.15) is 114 Å². The number of halogens is 1.